The molecule has 2 aromatic carbocycles. The summed E-state index contributed by atoms with van der Waals surface area (Å²) in [4.78, 5) is 19.1. The van der Waals surface area contributed by atoms with Crippen LogP contribution in [0.25, 0.3) is 0 Å². The first kappa shape index (κ1) is 17.9. The number of nitrogens with zero attached hydrogens (tertiary/aromatic N) is 3. The number of nitrogens with one attached hydrogen (secondary N) is 1. The van der Waals surface area contributed by atoms with Crippen LogP contribution in [0.1, 0.15) is 5.56 Å². The average molecular weight is 364 g/mol. The second kappa shape index (κ2) is 7.61. The number of anilines is 2. The fourth-order valence-electron chi connectivity index (χ4n) is 4.27. The molecule has 27 heavy (non-hydrogen) atoms. The molecule has 2 amide bonds. The third-order valence-electron chi connectivity index (χ3n) is 5.73. The van der Waals surface area contributed by atoms with Crippen LogP contribution >= 0.6 is 0 Å². The summed E-state index contributed by atoms with van der Waals surface area (Å²) in [7, 11) is 4.13. The van der Waals surface area contributed by atoms with Crippen molar-refractivity contribution in [2.45, 2.75) is 6.54 Å². The SMILES string of the molecule is CN(C)c1ccc(CN2C[C@@H]3CN(C(=O)Nc4ccccc4)C[C@@H]3C2)cc1. The molecule has 142 valence electrons. The summed E-state index contributed by atoms with van der Waals surface area (Å²) in [6, 6.07) is 18.5. The highest BCUT2D eigenvalue weighted by molar-refractivity contribution is 5.89. The van der Waals surface area contributed by atoms with E-state index in [-0.39, 0.29) is 6.03 Å². The van der Waals surface area contributed by atoms with Gasteiger partial charge in [0.15, 0.2) is 0 Å². The van der Waals surface area contributed by atoms with Crippen molar-refractivity contribution >= 4 is 17.4 Å². The van der Waals surface area contributed by atoms with Gasteiger partial charge in [0.05, 0.1) is 0 Å². The van der Waals surface area contributed by atoms with Crippen LogP contribution in [0.5, 0.6) is 0 Å². The first-order chi connectivity index (χ1) is 13.1. The maximum absolute atomic E-state index is 12.5. The van der Waals surface area contributed by atoms with E-state index >= 15 is 0 Å². The second-order valence-corrected chi connectivity index (χ2v) is 7.98. The quantitative estimate of drug-likeness (QED) is 0.904. The third kappa shape index (κ3) is 4.08. The molecule has 2 aliphatic rings. The normalized spacial score (nSPS) is 21.9. The molecule has 5 nitrogen and oxygen atoms in total. The summed E-state index contributed by atoms with van der Waals surface area (Å²) >= 11 is 0. The number of likely N-dealkylation sites (tertiary alicyclic amines) is 2. The van der Waals surface area contributed by atoms with E-state index in [9.17, 15) is 4.79 Å². The Labute approximate surface area is 161 Å². The maximum atomic E-state index is 12.5. The Morgan fingerprint density at radius 3 is 2.19 bits per heavy atom. The van der Waals surface area contributed by atoms with E-state index in [4.69, 9.17) is 0 Å². The molecule has 2 fully saturated rings. The molecule has 1 N–H and O–H groups in total. The lowest BCUT2D eigenvalue weighted by Gasteiger charge is -2.22. The van der Waals surface area contributed by atoms with Gasteiger partial charge in [-0.3, -0.25) is 4.90 Å². The standard InChI is InChI=1S/C22H28N4O/c1-24(2)21-10-8-17(9-11-21)12-25-13-18-15-26(16-19(18)14-25)22(27)23-20-6-4-3-5-7-20/h3-11,18-19H,12-16H2,1-2H3,(H,23,27)/t18-,19+. The topological polar surface area (TPSA) is 38.8 Å². The molecule has 0 spiro atoms. The number of amides is 2. The number of urea groups is 1. The highest BCUT2D eigenvalue weighted by Crippen LogP contribution is 2.32. The lowest BCUT2D eigenvalue weighted by atomic mass is 10.0. The van der Waals surface area contributed by atoms with Gasteiger partial charge in [0.1, 0.15) is 0 Å². The van der Waals surface area contributed by atoms with Gasteiger partial charge >= 0.3 is 6.03 Å². The van der Waals surface area contributed by atoms with E-state index in [1.807, 2.05) is 35.2 Å². The molecule has 0 aromatic heterocycles. The fraction of sp³-hybridized carbons (Fsp3) is 0.409. The van der Waals surface area contributed by atoms with Gasteiger partial charge in [-0.1, -0.05) is 30.3 Å². The summed E-state index contributed by atoms with van der Waals surface area (Å²) in [5.41, 5.74) is 3.46. The molecule has 5 heteroatoms. The second-order valence-electron chi connectivity index (χ2n) is 7.98. The minimum atomic E-state index is 0.0291. The van der Waals surface area contributed by atoms with Crippen LogP contribution in [0.4, 0.5) is 16.2 Å². The minimum absolute atomic E-state index is 0.0291. The number of para-hydroxylation sites is 1. The first-order valence-corrected chi connectivity index (χ1v) is 9.68. The molecule has 0 radical (unpaired) electrons. The van der Waals surface area contributed by atoms with Gasteiger partial charge in [0.25, 0.3) is 0 Å². The summed E-state index contributed by atoms with van der Waals surface area (Å²) < 4.78 is 0. The Kier molecular flexibility index (Phi) is 5.03. The Morgan fingerprint density at radius 1 is 0.963 bits per heavy atom. The largest absolute Gasteiger partial charge is 0.378 e. The lowest BCUT2D eigenvalue weighted by Crippen LogP contribution is -2.36. The molecule has 2 aromatic rings. The summed E-state index contributed by atoms with van der Waals surface area (Å²) in [6.45, 7) is 4.88. The van der Waals surface area contributed by atoms with E-state index in [2.05, 4.69) is 53.5 Å². The highest BCUT2D eigenvalue weighted by atomic mass is 16.2. The van der Waals surface area contributed by atoms with Gasteiger partial charge in [-0.15, -0.1) is 0 Å². The van der Waals surface area contributed by atoms with E-state index in [1.54, 1.807) is 0 Å². The van der Waals surface area contributed by atoms with E-state index in [0.29, 0.717) is 11.8 Å². The predicted molar refractivity (Wildman–Crippen MR) is 110 cm³/mol. The number of benzene rings is 2. The van der Waals surface area contributed by atoms with Crippen molar-refractivity contribution in [3.8, 4) is 0 Å². The van der Waals surface area contributed by atoms with Crippen molar-refractivity contribution in [3.05, 3.63) is 60.2 Å². The van der Waals surface area contributed by atoms with Crippen molar-refractivity contribution in [1.82, 2.24) is 9.80 Å². The van der Waals surface area contributed by atoms with Crippen LogP contribution in [-0.2, 0) is 6.54 Å². The zero-order valence-electron chi connectivity index (χ0n) is 16.1. The summed E-state index contributed by atoms with van der Waals surface area (Å²) in [5, 5.41) is 3.01. The van der Waals surface area contributed by atoms with Crippen LogP contribution < -0.4 is 10.2 Å². The minimum Gasteiger partial charge on any atom is -0.378 e. The molecule has 0 aliphatic carbocycles. The Hall–Kier alpha value is -2.53. The zero-order valence-corrected chi connectivity index (χ0v) is 16.1. The molecular formula is C22H28N4O. The molecular weight excluding hydrogens is 336 g/mol. The van der Waals surface area contributed by atoms with Gasteiger partial charge < -0.3 is 15.1 Å². The van der Waals surface area contributed by atoms with E-state index in [0.717, 1.165) is 38.4 Å². The molecule has 0 bridgehead atoms. The molecule has 2 atom stereocenters. The van der Waals surface area contributed by atoms with Crippen molar-refractivity contribution in [1.29, 1.82) is 0 Å². The van der Waals surface area contributed by atoms with Gasteiger partial charge in [-0.05, 0) is 41.7 Å². The maximum Gasteiger partial charge on any atom is 0.321 e. The van der Waals surface area contributed by atoms with Crippen molar-refractivity contribution in [2.75, 3.05) is 50.5 Å². The smallest absolute Gasteiger partial charge is 0.321 e. The van der Waals surface area contributed by atoms with Crippen molar-refractivity contribution in [2.24, 2.45) is 11.8 Å². The molecule has 4 rings (SSSR count). The Balaban J connectivity index is 1.28. The Morgan fingerprint density at radius 2 is 1.59 bits per heavy atom. The first-order valence-electron chi connectivity index (χ1n) is 9.68. The number of hydrogen-bond donors (Lipinski definition) is 1. The monoisotopic (exact) mass is 364 g/mol. The summed E-state index contributed by atoms with van der Waals surface area (Å²) in [6.07, 6.45) is 0. The number of rotatable bonds is 4. The highest BCUT2D eigenvalue weighted by Gasteiger charge is 2.41. The van der Waals surface area contributed by atoms with Crippen LogP contribution in [0.3, 0.4) is 0 Å². The lowest BCUT2D eigenvalue weighted by molar-refractivity contribution is 0.212. The average Bonchev–Trinajstić information content (AvgIpc) is 3.21. The van der Waals surface area contributed by atoms with Crippen LogP contribution in [0, 0.1) is 11.8 Å². The van der Waals surface area contributed by atoms with Crippen molar-refractivity contribution in [3.63, 3.8) is 0 Å². The molecule has 0 unspecified atom stereocenters. The van der Waals surface area contributed by atoms with E-state index < -0.39 is 0 Å². The number of fused-ring (bicyclic) bond motifs is 1. The van der Waals surface area contributed by atoms with Gasteiger partial charge in [0, 0.05) is 58.2 Å². The van der Waals surface area contributed by atoms with Crippen LogP contribution in [0.15, 0.2) is 54.6 Å². The molecule has 0 saturated carbocycles. The van der Waals surface area contributed by atoms with Crippen LogP contribution in [0.2, 0.25) is 0 Å². The third-order valence-corrected chi connectivity index (χ3v) is 5.73. The molecule has 2 heterocycles. The van der Waals surface area contributed by atoms with Gasteiger partial charge in [-0.2, -0.15) is 0 Å². The zero-order chi connectivity index (χ0) is 18.8. The van der Waals surface area contributed by atoms with Gasteiger partial charge in [-0.25, -0.2) is 4.79 Å². The number of hydrogen-bond acceptors (Lipinski definition) is 3. The van der Waals surface area contributed by atoms with Crippen LogP contribution in [-0.4, -0.2) is 56.1 Å². The molecule has 2 aliphatic heterocycles. The van der Waals surface area contributed by atoms with Gasteiger partial charge in [0.2, 0.25) is 0 Å². The summed E-state index contributed by atoms with van der Waals surface area (Å²) in [5.74, 6) is 1.18. The predicted octanol–water partition coefficient (Wildman–Crippen LogP) is 3.35. The fourth-order valence-corrected chi connectivity index (χ4v) is 4.27. The van der Waals surface area contributed by atoms with E-state index in [1.165, 1.54) is 11.3 Å². The van der Waals surface area contributed by atoms with Crippen molar-refractivity contribution < 1.29 is 4.79 Å². The number of carbonyl (C=O) groups is 1. The number of carbonyl (C=O) groups excluding carboxylic acids is 1. The Bertz CT molecular complexity index is 761. The molecule has 2 saturated heterocycles.